The van der Waals surface area contributed by atoms with Crippen LogP contribution in [0.15, 0.2) is 35.1 Å². The smallest absolute Gasteiger partial charge is 0.226 e. The van der Waals surface area contributed by atoms with Crippen molar-refractivity contribution in [2.75, 3.05) is 13.2 Å². The van der Waals surface area contributed by atoms with Crippen molar-refractivity contribution >= 4 is 11.6 Å². The van der Waals surface area contributed by atoms with Crippen LogP contribution in [-0.2, 0) is 22.4 Å². The van der Waals surface area contributed by atoms with Gasteiger partial charge in [0.05, 0.1) is 37.1 Å². The van der Waals surface area contributed by atoms with E-state index in [2.05, 4.69) is 15.5 Å². The second-order valence-electron chi connectivity index (χ2n) is 6.92. The van der Waals surface area contributed by atoms with E-state index in [0.717, 1.165) is 28.4 Å². The molecule has 136 valence electrons. The number of hydrogen-bond acceptors (Lipinski definition) is 5. The highest BCUT2D eigenvalue weighted by molar-refractivity contribution is 5.78. The van der Waals surface area contributed by atoms with Crippen molar-refractivity contribution in [1.29, 1.82) is 0 Å². The topological polar surface area (TPSA) is 81.7 Å². The average molecular weight is 354 g/mol. The largest absolute Gasteiger partial charge is 0.379 e. The van der Waals surface area contributed by atoms with Crippen LogP contribution in [0, 0.1) is 19.8 Å². The first kappa shape index (κ1) is 16.8. The molecular formula is C19H22N4O3. The summed E-state index contributed by atoms with van der Waals surface area (Å²) in [6.07, 6.45) is 4.70. The molecule has 0 saturated carbocycles. The third kappa shape index (κ3) is 3.35. The quantitative estimate of drug-likeness (QED) is 0.756. The van der Waals surface area contributed by atoms with Crippen LogP contribution in [0.25, 0.3) is 5.65 Å². The molecule has 1 fully saturated rings. The summed E-state index contributed by atoms with van der Waals surface area (Å²) in [7, 11) is 0. The van der Waals surface area contributed by atoms with Gasteiger partial charge in [-0.3, -0.25) is 4.79 Å². The van der Waals surface area contributed by atoms with Gasteiger partial charge in [0.25, 0.3) is 0 Å². The third-order valence-corrected chi connectivity index (χ3v) is 4.83. The van der Waals surface area contributed by atoms with Crippen LogP contribution < -0.4 is 5.32 Å². The lowest BCUT2D eigenvalue weighted by atomic mass is 9.98. The summed E-state index contributed by atoms with van der Waals surface area (Å²) in [5.41, 5.74) is 3.72. The van der Waals surface area contributed by atoms with Crippen molar-refractivity contribution in [2.24, 2.45) is 5.92 Å². The Balaban J connectivity index is 1.41. The lowest BCUT2D eigenvalue weighted by Crippen LogP contribution is -2.41. The fraction of sp³-hybridized carbons (Fsp3) is 0.421. The number of amides is 1. The molecule has 3 aromatic rings. The summed E-state index contributed by atoms with van der Waals surface area (Å²) in [5, 5.41) is 7.02. The Bertz CT molecular complexity index is 930. The van der Waals surface area contributed by atoms with E-state index in [1.54, 1.807) is 6.20 Å². The summed E-state index contributed by atoms with van der Waals surface area (Å²) >= 11 is 0. The van der Waals surface area contributed by atoms with Gasteiger partial charge in [-0.15, -0.1) is 0 Å². The van der Waals surface area contributed by atoms with E-state index >= 15 is 0 Å². The molecule has 0 spiro atoms. The highest BCUT2D eigenvalue weighted by atomic mass is 16.5. The van der Waals surface area contributed by atoms with Gasteiger partial charge in [-0.05, 0) is 25.5 Å². The van der Waals surface area contributed by atoms with Gasteiger partial charge in [-0.25, -0.2) is 4.98 Å². The molecule has 1 amide bonds. The maximum absolute atomic E-state index is 12.6. The summed E-state index contributed by atoms with van der Waals surface area (Å²) < 4.78 is 12.8. The minimum atomic E-state index is -0.0254. The molecule has 0 unspecified atom stereocenters. The Morgan fingerprint density at radius 2 is 2.27 bits per heavy atom. The first-order chi connectivity index (χ1) is 12.6. The van der Waals surface area contributed by atoms with Crippen LogP contribution in [0.4, 0.5) is 0 Å². The van der Waals surface area contributed by atoms with Crippen LogP contribution in [0.1, 0.15) is 22.7 Å². The summed E-state index contributed by atoms with van der Waals surface area (Å²) in [6.45, 7) is 5.04. The highest BCUT2D eigenvalue weighted by Gasteiger charge is 2.30. The standard InChI is InChI=1S/C19H22N4O3/c1-12-4-3-5-23-15(9-20-19(12)23)8-18(24)21-17-11-25-10-14(17)7-16-6-13(2)22-26-16/h3-6,9,14,17H,7-8,10-11H2,1-2H3,(H,21,24)/t14-,17+/m1/s1. The van der Waals surface area contributed by atoms with Gasteiger partial charge in [-0.1, -0.05) is 11.2 Å². The molecule has 7 heteroatoms. The molecule has 1 aliphatic rings. The monoisotopic (exact) mass is 354 g/mol. The number of aryl methyl sites for hydroxylation is 2. The van der Waals surface area contributed by atoms with Gasteiger partial charge in [0.15, 0.2) is 0 Å². The van der Waals surface area contributed by atoms with E-state index in [1.807, 2.05) is 42.6 Å². The van der Waals surface area contributed by atoms with Gasteiger partial charge in [0.1, 0.15) is 11.4 Å². The molecule has 1 saturated heterocycles. The van der Waals surface area contributed by atoms with Crippen molar-refractivity contribution in [1.82, 2.24) is 19.9 Å². The Morgan fingerprint density at radius 1 is 1.38 bits per heavy atom. The lowest BCUT2D eigenvalue weighted by Gasteiger charge is -2.18. The normalized spacial score (nSPS) is 19.9. The molecule has 1 N–H and O–H groups in total. The number of aromatic nitrogens is 3. The zero-order valence-corrected chi connectivity index (χ0v) is 14.9. The lowest BCUT2D eigenvalue weighted by molar-refractivity contribution is -0.121. The molecule has 1 aliphatic heterocycles. The van der Waals surface area contributed by atoms with Crippen LogP contribution in [0.3, 0.4) is 0 Å². The number of ether oxygens (including phenoxy) is 1. The molecule has 26 heavy (non-hydrogen) atoms. The SMILES string of the molecule is Cc1cc(C[C@@H]2COC[C@@H]2NC(=O)Cc2cnc3c(C)cccn23)on1. The van der Waals surface area contributed by atoms with E-state index in [0.29, 0.717) is 19.6 Å². The summed E-state index contributed by atoms with van der Waals surface area (Å²) in [6, 6.07) is 5.88. The van der Waals surface area contributed by atoms with Gasteiger partial charge in [0.2, 0.25) is 5.91 Å². The second-order valence-corrected chi connectivity index (χ2v) is 6.92. The number of carbonyl (C=O) groups is 1. The van der Waals surface area contributed by atoms with Crippen molar-refractivity contribution in [3.8, 4) is 0 Å². The predicted molar refractivity (Wildman–Crippen MR) is 94.8 cm³/mol. The maximum atomic E-state index is 12.6. The highest BCUT2D eigenvalue weighted by Crippen LogP contribution is 2.20. The number of fused-ring (bicyclic) bond motifs is 1. The fourth-order valence-corrected chi connectivity index (χ4v) is 3.49. The summed E-state index contributed by atoms with van der Waals surface area (Å²) in [5.74, 6) is 0.993. The van der Waals surface area contributed by atoms with Gasteiger partial charge >= 0.3 is 0 Å². The minimum Gasteiger partial charge on any atom is -0.379 e. The van der Waals surface area contributed by atoms with E-state index in [4.69, 9.17) is 9.26 Å². The molecule has 4 heterocycles. The summed E-state index contributed by atoms with van der Waals surface area (Å²) in [4.78, 5) is 17.0. The Morgan fingerprint density at radius 3 is 3.08 bits per heavy atom. The van der Waals surface area contributed by atoms with E-state index in [9.17, 15) is 4.79 Å². The van der Waals surface area contributed by atoms with E-state index in [-0.39, 0.29) is 24.3 Å². The average Bonchev–Trinajstić information content (AvgIpc) is 3.31. The first-order valence-corrected chi connectivity index (χ1v) is 8.81. The Hall–Kier alpha value is -2.67. The molecule has 0 radical (unpaired) electrons. The number of rotatable bonds is 5. The molecule has 2 atom stereocenters. The van der Waals surface area contributed by atoms with Gasteiger partial charge in [-0.2, -0.15) is 0 Å². The Labute approximate surface area is 151 Å². The Kier molecular flexibility index (Phi) is 4.46. The van der Waals surface area contributed by atoms with E-state index in [1.165, 1.54) is 0 Å². The molecule has 7 nitrogen and oxygen atoms in total. The molecular weight excluding hydrogens is 332 g/mol. The zero-order chi connectivity index (χ0) is 18.1. The van der Waals surface area contributed by atoms with Crippen LogP contribution in [-0.4, -0.2) is 39.7 Å². The van der Waals surface area contributed by atoms with Crippen molar-refractivity contribution in [3.05, 3.63) is 53.3 Å². The van der Waals surface area contributed by atoms with Crippen LogP contribution >= 0.6 is 0 Å². The van der Waals surface area contributed by atoms with Gasteiger partial charge in [0, 0.05) is 30.8 Å². The molecule has 4 rings (SSSR count). The van der Waals surface area contributed by atoms with Crippen LogP contribution in [0.2, 0.25) is 0 Å². The third-order valence-electron chi connectivity index (χ3n) is 4.83. The number of nitrogens with zero attached hydrogens (tertiary/aromatic N) is 3. The fourth-order valence-electron chi connectivity index (χ4n) is 3.49. The second kappa shape index (κ2) is 6.92. The number of imidazole rings is 1. The zero-order valence-electron chi connectivity index (χ0n) is 14.9. The van der Waals surface area contributed by atoms with Crippen molar-refractivity contribution < 1.29 is 14.1 Å². The van der Waals surface area contributed by atoms with Crippen molar-refractivity contribution in [3.63, 3.8) is 0 Å². The maximum Gasteiger partial charge on any atom is 0.226 e. The number of carbonyl (C=O) groups excluding carboxylic acids is 1. The van der Waals surface area contributed by atoms with Gasteiger partial charge < -0.3 is 19.0 Å². The number of pyridine rings is 1. The molecule has 0 bridgehead atoms. The van der Waals surface area contributed by atoms with Crippen LogP contribution in [0.5, 0.6) is 0 Å². The predicted octanol–water partition coefficient (Wildman–Crippen LogP) is 1.86. The molecule has 3 aromatic heterocycles. The number of nitrogens with one attached hydrogen (secondary N) is 1. The van der Waals surface area contributed by atoms with Crippen molar-refractivity contribution in [2.45, 2.75) is 32.7 Å². The molecule has 0 aliphatic carbocycles. The first-order valence-electron chi connectivity index (χ1n) is 8.81. The molecule has 0 aromatic carbocycles. The van der Waals surface area contributed by atoms with E-state index < -0.39 is 0 Å². The minimum absolute atomic E-state index is 0.0196. The number of hydrogen-bond donors (Lipinski definition) is 1.